The molecule has 2 saturated heterocycles. The van der Waals surface area contributed by atoms with Crippen molar-refractivity contribution in [3.63, 3.8) is 0 Å². The van der Waals surface area contributed by atoms with Gasteiger partial charge in [-0.05, 0) is 18.4 Å². The molecule has 0 amide bonds. The molecule has 3 aliphatic heterocycles. The monoisotopic (exact) mass is 374 g/mol. The van der Waals surface area contributed by atoms with Crippen LogP contribution in [-0.4, -0.2) is 40.5 Å². The summed E-state index contributed by atoms with van der Waals surface area (Å²) in [7, 11) is 0. The number of aliphatic hydroxyl groups excluding tert-OH is 1. The van der Waals surface area contributed by atoms with Crippen LogP contribution in [-0.2, 0) is 23.9 Å². The standard InChI is InChI=1S/C21H26O6/c1-6-13-17(24)18-12(5)9-21(13)19(26-18)15(20(25)27-21)16(23)11(4)8-10(3)14(22)7-2/h6-7,10-13,17-18,24H,1-2,8-9H2,3-5H3/t10-,11+,12+,13?,17-,18?,21+/m0/s1. The summed E-state index contributed by atoms with van der Waals surface area (Å²) in [5.74, 6) is -2.50. The van der Waals surface area contributed by atoms with Crippen molar-refractivity contribution in [2.75, 3.05) is 0 Å². The van der Waals surface area contributed by atoms with Crippen LogP contribution in [0.4, 0.5) is 0 Å². The zero-order valence-electron chi connectivity index (χ0n) is 15.9. The van der Waals surface area contributed by atoms with E-state index in [-0.39, 0.29) is 29.0 Å². The summed E-state index contributed by atoms with van der Waals surface area (Å²) in [6.45, 7) is 12.6. The lowest BCUT2D eigenvalue weighted by Gasteiger charge is -2.54. The Balaban J connectivity index is 1.95. The molecular formula is C21H26O6. The third-order valence-corrected chi connectivity index (χ3v) is 6.12. The molecule has 3 heterocycles. The number of allylic oxidation sites excluding steroid dienone is 1. The van der Waals surface area contributed by atoms with Crippen molar-refractivity contribution in [2.45, 2.75) is 51.4 Å². The van der Waals surface area contributed by atoms with Gasteiger partial charge in [0.25, 0.3) is 0 Å². The zero-order chi connectivity index (χ0) is 20.1. The fourth-order valence-electron chi connectivity index (χ4n) is 4.69. The molecular weight excluding hydrogens is 348 g/mol. The van der Waals surface area contributed by atoms with Crippen molar-refractivity contribution in [2.24, 2.45) is 23.7 Å². The van der Waals surface area contributed by atoms with E-state index in [0.717, 1.165) is 0 Å². The van der Waals surface area contributed by atoms with E-state index < -0.39 is 41.4 Å². The Morgan fingerprint density at radius 3 is 2.59 bits per heavy atom. The maximum absolute atomic E-state index is 13.0. The Morgan fingerprint density at radius 2 is 2.00 bits per heavy atom. The van der Waals surface area contributed by atoms with Crippen LogP contribution in [0.25, 0.3) is 0 Å². The van der Waals surface area contributed by atoms with Crippen LogP contribution in [0, 0.1) is 23.7 Å². The number of Topliss-reactive ketones (excluding diaryl/α,β-unsaturated/α-hetero) is 1. The number of ether oxygens (including phenoxy) is 2. The minimum absolute atomic E-state index is 0.0233. The predicted molar refractivity (Wildman–Crippen MR) is 97.4 cm³/mol. The van der Waals surface area contributed by atoms with Crippen molar-refractivity contribution in [3.05, 3.63) is 36.6 Å². The summed E-state index contributed by atoms with van der Waals surface area (Å²) in [5, 5.41) is 10.6. The average Bonchev–Trinajstić information content (AvgIpc) is 2.90. The first kappa shape index (κ1) is 19.5. The highest BCUT2D eigenvalue weighted by atomic mass is 16.6. The first-order chi connectivity index (χ1) is 12.7. The molecule has 6 nitrogen and oxygen atoms in total. The SMILES string of the molecule is C=CC(=O)[C@@H](C)C[C@@H](C)C(=O)C1=C2OC3[C@@H](O)C(C=C)[C@@]2(C[C@H]3C)OC1=O. The van der Waals surface area contributed by atoms with Crippen molar-refractivity contribution >= 4 is 17.5 Å². The minimum atomic E-state index is -1.17. The first-order valence-electron chi connectivity index (χ1n) is 9.33. The number of ketones is 2. The van der Waals surface area contributed by atoms with Crippen LogP contribution in [0.1, 0.15) is 33.6 Å². The molecule has 7 atom stereocenters. The molecule has 146 valence electrons. The summed E-state index contributed by atoms with van der Waals surface area (Å²) >= 11 is 0. The number of carbonyl (C=O) groups is 3. The number of hydrogen-bond donors (Lipinski definition) is 1. The maximum Gasteiger partial charge on any atom is 0.346 e. The maximum atomic E-state index is 13.0. The molecule has 4 rings (SSSR count). The van der Waals surface area contributed by atoms with E-state index in [2.05, 4.69) is 13.2 Å². The lowest BCUT2D eigenvalue weighted by Crippen LogP contribution is -2.63. The van der Waals surface area contributed by atoms with Gasteiger partial charge in [0, 0.05) is 18.3 Å². The Bertz CT molecular complexity index is 750. The van der Waals surface area contributed by atoms with Gasteiger partial charge in [-0.1, -0.05) is 33.4 Å². The second-order valence-electron chi connectivity index (χ2n) is 8.01. The van der Waals surface area contributed by atoms with Crippen molar-refractivity contribution < 1.29 is 29.0 Å². The van der Waals surface area contributed by atoms with E-state index >= 15 is 0 Å². The van der Waals surface area contributed by atoms with Crippen molar-refractivity contribution in [1.82, 2.24) is 0 Å². The quantitative estimate of drug-likeness (QED) is 0.318. The average molecular weight is 374 g/mol. The van der Waals surface area contributed by atoms with Gasteiger partial charge in [-0.25, -0.2) is 4.79 Å². The van der Waals surface area contributed by atoms with Gasteiger partial charge in [0.15, 0.2) is 22.9 Å². The second-order valence-corrected chi connectivity index (χ2v) is 8.01. The molecule has 0 aromatic heterocycles. The van der Waals surface area contributed by atoms with Gasteiger partial charge >= 0.3 is 5.97 Å². The van der Waals surface area contributed by atoms with E-state index in [1.54, 1.807) is 19.9 Å². The van der Waals surface area contributed by atoms with Gasteiger partial charge < -0.3 is 14.6 Å². The van der Waals surface area contributed by atoms with Crippen LogP contribution in [0.5, 0.6) is 0 Å². The number of hydrogen-bond acceptors (Lipinski definition) is 6. The van der Waals surface area contributed by atoms with Crippen LogP contribution in [0.3, 0.4) is 0 Å². The molecule has 27 heavy (non-hydrogen) atoms. The topological polar surface area (TPSA) is 89.9 Å². The first-order valence-corrected chi connectivity index (χ1v) is 9.33. The zero-order valence-corrected chi connectivity index (χ0v) is 15.9. The number of fused-ring (bicyclic) bond motifs is 2. The van der Waals surface area contributed by atoms with Crippen LogP contribution < -0.4 is 0 Å². The van der Waals surface area contributed by atoms with Gasteiger partial charge in [0.2, 0.25) is 0 Å². The third-order valence-electron chi connectivity index (χ3n) is 6.12. The summed E-state index contributed by atoms with van der Waals surface area (Å²) in [4.78, 5) is 37.4. The minimum Gasteiger partial charge on any atom is -0.486 e. The predicted octanol–water partition coefficient (Wildman–Crippen LogP) is 2.12. The largest absolute Gasteiger partial charge is 0.486 e. The Hall–Kier alpha value is -2.21. The van der Waals surface area contributed by atoms with E-state index in [0.29, 0.717) is 12.8 Å². The van der Waals surface area contributed by atoms with E-state index in [1.807, 2.05) is 6.92 Å². The lowest BCUT2D eigenvalue weighted by atomic mass is 9.64. The van der Waals surface area contributed by atoms with Gasteiger partial charge in [0.1, 0.15) is 17.8 Å². The van der Waals surface area contributed by atoms with E-state index in [1.165, 1.54) is 6.08 Å². The number of aliphatic hydroxyl groups is 1. The Kier molecular flexibility index (Phi) is 4.89. The smallest absolute Gasteiger partial charge is 0.346 e. The highest BCUT2D eigenvalue weighted by Gasteiger charge is 2.66. The van der Waals surface area contributed by atoms with Crippen LogP contribution >= 0.6 is 0 Å². The molecule has 0 aromatic carbocycles. The van der Waals surface area contributed by atoms with Crippen molar-refractivity contribution in [3.8, 4) is 0 Å². The fraction of sp³-hybridized carbons (Fsp3) is 0.571. The summed E-state index contributed by atoms with van der Waals surface area (Å²) in [5.41, 5.74) is -1.25. The van der Waals surface area contributed by atoms with Gasteiger partial charge in [0.05, 0.1) is 5.92 Å². The van der Waals surface area contributed by atoms with Gasteiger partial charge in [-0.3, -0.25) is 9.59 Å². The molecule has 1 spiro atoms. The molecule has 1 saturated carbocycles. The third kappa shape index (κ3) is 2.78. The molecule has 0 radical (unpaired) electrons. The number of carbonyl (C=O) groups excluding carboxylic acids is 3. The molecule has 3 fully saturated rings. The fourth-order valence-corrected chi connectivity index (χ4v) is 4.69. The Morgan fingerprint density at radius 1 is 1.33 bits per heavy atom. The highest BCUT2D eigenvalue weighted by Crippen LogP contribution is 2.56. The molecule has 2 unspecified atom stereocenters. The van der Waals surface area contributed by atoms with Crippen LogP contribution in [0.2, 0.25) is 0 Å². The lowest BCUT2D eigenvalue weighted by molar-refractivity contribution is -0.220. The summed E-state index contributed by atoms with van der Waals surface area (Å²) < 4.78 is 11.6. The van der Waals surface area contributed by atoms with Crippen molar-refractivity contribution in [1.29, 1.82) is 0 Å². The van der Waals surface area contributed by atoms with E-state index in [4.69, 9.17) is 9.47 Å². The molecule has 1 N–H and O–H groups in total. The van der Waals surface area contributed by atoms with Gasteiger partial charge in [-0.2, -0.15) is 0 Å². The number of esters is 1. The molecule has 0 aromatic rings. The molecule has 2 bridgehead atoms. The van der Waals surface area contributed by atoms with Gasteiger partial charge in [-0.15, -0.1) is 6.58 Å². The summed E-state index contributed by atoms with van der Waals surface area (Å²) in [6.07, 6.45) is 2.22. The molecule has 4 aliphatic rings. The Labute approximate surface area is 158 Å². The van der Waals surface area contributed by atoms with Crippen LogP contribution in [0.15, 0.2) is 36.6 Å². The highest BCUT2D eigenvalue weighted by molar-refractivity contribution is 6.20. The van der Waals surface area contributed by atoms with E-state index in [9.17, 15) is 19.5 Å². The summed E-state index contributed by atoms with van der Waals surface area (Å²) in [6, 6.07) is 0. The number of rotatable bonds is 7. The normalized spacial score (nSPS) is 36.4. The molecule has 6 heteroatoms. The molecule has 1 aliphatic carbocycles. The second kappa shape index (κ2) is 6.75.